The topological polar surface area (TPSA) is 45.8 Å². The summed E-state index contributed by atoms with van der Waals surface area (Å²) >= 11 is 0. The highest BCUT2D eigenvalue weighted by molar-refractivity contribution is 6.04. The van der Waals surface area contributed by atoms with E-state index in [2.05, 4.69) is 9.97 Å². The third-order valence-corrected chi connectivity index (χ3v) is 2.06. The number of hydrogen-bond donors (Lipinski definition) is 1. The molecule has 2 aromatic rings. The number of carbonyl (C=O) groups is 1. The van der Waals surface area contributed by atoms with Gasteiger partial charge in [0.2, 0.25) is 0 Å². The van der Waals surface area contributed by atoms with Gasteiger partial charge < -0.3 is 4.98 Å². The highest BCUT2D eigenvalue weighted by Gasteiger charge is 2.09. The van der Waals surface area contributed by atoms with Gasteiger partial charge in [-0.05, 0) is 12.1 Å². The normalized spacial score (nSPS) is 10.5. The van der Waals surface area contributed by atoms with E-state index in [4.69, 9.17) is 0 Å². The number of ketones is 1. The molecule has 0 fully saturated rings. The lowest BCUT2D eigenvalue weighted by Crippen LogP contribution is -2.00. The monoisotopic (exact) mass is 174 g/mol. The van der Waals surface area contributed by atoms with Crippen molar-refractivity contribution in [1.82, 2.24) is 9.97 Å². The van der Waals surface area contributed by atoms with Crippen molar-refractivity contribution < 1.29 is 4.79 Å². The van der Waals surface area contributed by atoms with Crippen LogP contribution >= 0.6 is 0 Å². The lowest BCUT2D eigenvalue weighted by molar-refractivity contribution is 0.0985. The highest BCUT2D eigenvalue weighted by Crippen LogP contribution is 2.15. The van der Waals surface area contributed by atoms with Crippen molar-refractivity contribution in [2.24, 2.45) is 0 Å². The number of carbonyl (C=O) groups excluding carboxylic acids is 1. The average Bonchev–Trinajstić information content (AvgIpc) is 2.63. The molecule has 0 atom stereocenters. The summed E-state index contributed by atoms with van der Waals surface area (Å²) in [6.07, 6.45) is 3.98. The van der Waals surface area contributed by atoms with Crippen LogP contribution in [-0.4, -0.2) is 15.8 Å². The second-order valence-corrected chi connectivity index (χ2v) is 2.88. The minimum absolute atomic E-state index is 0.0769. The first-order valence-corrected chi connectivity index (χ1v) is 4.28. The first-order chi connectivity index (χ1) is 6.33. The summed E-state index contributed by atoms with van der Waals surface area (Å²) in [5.74, 6) is 0.0769. The molecule has 0 aliphatic rings. The maximum atomic E-state index is 11.4. The number of rotatable bonds is 2. The number of Topliss-reactive ketones (excluding diaryl/α,β-unsaturated/α-hetero) is 1. The van der Waals surface area contributed by atoms with Gasteiger partial charge >= 0.3 is 0 Å². The Hall–Kier alpha value is -1.64. The fourth-order valence-corrected chi connectivity index (χ4v) is 1.36. The Morgan fingerprint density at radius 2 is 2.38 bits per heavy atom. The van der Waals surface area contributed by atoms with Crippen LogP contribution in [0.2, 0.25) is 0 Å². The van der Waals surface area contributed by atoms with Crippen molar-refractivity contribution >= 4 is 16.7 Å². The van der Waals surface area contributed by atoms with E-state index in [0.717, 1.165) is 10.9 Å². The number of pyridine rings is 1. The molecule has 3 nitrogen and oxygen atoms in total. The number of nitrogens with one attached hydrogen (secondary N) is 1. The minimum Gasteiger partial charge on any atom is -0.359 e. The Morgan fingerprint density at radius 3 is 3.15 bits per heavy atom. The number of fused-ring (bicyclic) bond motifs is 1. The van der Waals surface area contributed by atoms with Crippen LogP contribution in [0, 0.1) is 0 Å². The molecule has 2 rings (SSSR count). The Bertz CT molecular complexity index is 445. The van der Waals surface area contributed by atoms with E-state index >= 15 is 0 Å². The molecule has 1 N–H and O–H groups in total. The third kappa shape index (κ3) is 1.22. The molecule has 13 heavy (non-hydrogen) atoms. The average molecular weight is 174 g/mol. The van der Waals surface area contributed by atoms with Gasteiger partial charge in [-0.1, -0.05) is 6.92 Å². The Labute approximate surface area is 75.8 Å². The van der Waals surface area contributed by atoms with Crippen LogP contribution in [-0.2, 0) is 0 Å². The van der Waals surface area contributed by atoms with Crippen LogP contribution in [0.3, 0.4) is 0 Å². The summed E-state index contributed by atoms with van der Waals surface area (Å²) in [6, 6.07) is 3.82. The van der Waals surface area contributed by atoms with Crippen LogP contribution in [0.25, 0.3) is 10.9 Å². The lowest BCUT2D eigenvalue weighted by atomic mass is 10.1. The standard InChI is InChI=1S/C10H10N2O/c1-2-8(13)10-9-7(3-5-11-9)4-6-12-10/h3-6,11H,2H2,1H3. The second-order valence-electron chi connectivity index (χ2n) is 2.88. The van der Waals surface area contributed by atoms with Gasteiger partial charge in [-0.3, -0.25) is 9.78 Å². The molecule has 0 bridgehead atoms. The van der Waals surface area contributed by atoms with Crippen molar-refractivity contribution in [1.29, 1.82) is 0 Å². The number of aromatic amines is 1. The molecule has 0 unspecified atom stereocenters. The highest BCUT2D eigenvalue weighted by atomic mass is 16.1. The van der Waals surface area contributed by atoms with E-state index in [0.29, 0.717) is 12.1 Å². The van der Waals surface area contributed by atoms with Crippen LogP contribution in [0.5, 0.6) is 0 Å². The van der Waals surface area contributed by atoms with E-state index in [1.807, 2.05) is 25.3 Å². The maximum absolute atomic E-state index is 11.4. The van der Waals surface area contributed by atoms with Gasteiger partial charge in [0, 0.05) is 24.2 Å². The SMILES string of the molecule is CCC(=O)c1nccc2cc[nH]c12. The molecule has 0 radical (unpaired) electrons. The summed E-state index contributed by atoms with van der Waals surface area (Å²) in [7, 11) is 0. The molecule has 2 aromatic heterocycles. The maximum Gasteiger partial charge on any atom is 0.183 e. The van der Waals surface area contributed by atoms with Crippen molar-refractivity contribution in [2.75, 3.05) is 0 Å². The summed E-state index contributed by atoms with van der Waals surface area (Å²) in [5, 5.41) is 1.03. The molecule has 0 spiro atoms. The van der Waals surface area contributed by atoms with Crippen molar-refractivity contribution in [2.45, 2.75) is 13.3 Å². The number of H-pyrrole nitrogens is 1. The van der Waals surface area contributed by atoms with Gasteiger partial charge in [0.05, 0.1) is 5.52 Å². The fraction of sp³-hybridized carbons (Fsp3) is 0.200. The quantitative estimate of drug-likeness (QED) is 0.709. The van der Waals surface area contributed by atoms with Gasteiger partial charge in [-0.25, -0.2) is 0 Å². The Kier molecular flexibility index (Phi) is 1.85. The van der Waals surface area contributed by atoms with Crippen LogP contribution in [0.15, 0.2) is 24.5 Å². The second kappa shape index (κ2) is 3.01. The fourth-order valence-electron chi connectivity index (χ4n) is 1.36. The molecule has 0 aromatic carbocycles. The first-order valence-electron chi connectivity index (χ1n) is 4.28. The van der Waals surface area contributed by atoms with E-state index in [-0.39, 0.29) is 5.78 Å². The number of hydrogen-bond acceptors (Lipinski definition) is 2. The predicted molar refractivity (Wildman–Crippen MR) is 50.7 cm³/mol. The molecule has 0 saturated carbocycles. The lowest BCUT2D eigenvalue weighted by Gasteiger charge is -1.97. The summed E-state index contributed by atoms with van der Waals surface area (Å²) < 4.78 is 0. The van der Waals surface area contributed by atoms with Crippen LogP contribution < -0.4 is 0 Å². The summed E-state index contributed by atoms with van der Waals surface area (Å²) in [6.45, 7) is 1.84. The largest absolute Gasteiger partial charge is 0.359 e. The van der Waals surface area contributed by atoms with Gasteiger partial charge in [-0.2, -0.15) is 0 Å². The van der Waals surface area contributed by atoms with Crippen molar-refractivity contribution in [3.05, 3.63) is 30.2 Å². The summed E-state index contributed by atoms with van der Waals surface area (Å²) in [5.41, 5.74) is 1.39. The van der Waals surface area contributed by atoms with Crippen molar-refractivity contribution in [3.8, 4) is 0 Å². The number of nitrogens with zero attached hydrogens (tertiary/aromatic N) is 1. The molecule has 66 valence electrons. The van der Waals surface area contributed by atoms with Gasteiger partial charge in [0.15, 0.2) is 5.78 Å². The molecule has 0 amide bonds. The third-order valence-electron chi connectivity index (χ3n) is 2.06. The van der Waals surface area contributed by atoms with E-state index in [1.54, 1.807) is 6.20 Å². The predicted octanol–water partition coefficient (Wildman–Crippen LogP) is 2.16. The summed E-state index contributed by atoms with van der Waals surface area (Å²) in [4.78, 5) is 18.5. The van der Waals surface area contributed by atoms with E-state index in [9.17, 15) is 4.79 Å². The van der Waals surface area contributed by atoms with Gasteiger partial charge in [0.25, 0.3) is 0 Å². The van der Waals surface area contributed by atoms with Gasteiger partial charge in [-0.15, -0.1) is 0 Å². The first kappa shape index (κ1) is 7.98. The Balaban J connectivity index is 2.67. The van der Waals surface area contributed by atoms with Gasteiger partial charge in [0.1, 0.15) is 5.69 Å². The zero-order valence-corrected chi connectivity index (χ0v) is 7.37. The molecular weight excluding hydrogens is 164 g/mol. The van der Waals surface area contributed by atoms with Crippen LogP contribution in [0.1, 0.15) is 23.8 Å². The minimum atomic E-state index is 0.0769. The Morgan fingerprint density at radius 1 is 1.54 bits per heavy atom. The van der Waals surface area contributed by atoms with Crippen molar-refractivity contribution in [3.63, 3.8) is 0 Å². The molecule has 0 saturated heterocycles. The molecule has 3 heteroatoms. The molecule has 0 aliphatic carbocycles. The molecule has 2 heterocycles. The smallest absolute Gasteiger partial charge is 0.183 e. The van der Waals surface area contributed by atoms with E-state index in [1.165, 1.54) is 0 Å². The van der Waals surface area contributed by atoms with Crippen LogP contribution in [0.4, 0.5) is 0 Å². The molecule has 0 aliphatic heterocycles. The zero-order valence-electron chi connectivity index (χ0n) is 7.37. The molecular formula is C10H10N2O. The zero-order chi connectivity index (χ0) is 9.26. The number of aromatic nitrogens is 2. The van der Waals surface area contributed by atoms with E-state index < -0.39 is 0 Å².